The summed E-state index contributed by atoms with van der Waals surface area (Å²) in [7, 11) is -3.24. The van der Waals surface area contributed by atoms with E-state index < -0.39 is 15.9 Å². The molecule has 0 radical (unpaired) electrons. The molecule has 1 aromatic carbocycles. The molecule has 2 amide bonds. The number of sulfone groups is 1. The fraction of sp³-hybridized carbons (Fsp3) is 0.579. The summed E-state index contributed by atoms with van der Waals surface area (Å²) < 4.78 is 23.2. The first kappa shape index (κ1) is 21.4. The van der Waals surface area contributed by atoms with E-state index in [1.807, 2.05) is 12.1 Å². The zero-order chi connectivity index (χ0) is 20.0. The Labute approximate surface area is 161 Å². The van der Waals surface area contributed by atoms with Crippen molar-refractivity contribution in [3.05, 3.63) is 35.4 Å². The molecule has 8 heteroatoms. The number of amides is 2. The second-order valence-corrected chi connectivity index (χ2v) is 9.10. The molecule has 0 aromatic heterocycles. The van der Waals surface area contributed by atoms with Gasteiger partial charge in [-0.25, -0.2) is 8.42 Å². The van der Waals surface area contributed by atoms with Crippen LogP contribution in [0.5, 0.6) is 0 Å². The van der Waals surface area contributed by atoms with Crippen LogP contribution in [0.15, 0.2) is 24.3 Å². The molecule has 7 nitrogen and oxygen atoms in total. The predicted molar refractivity (Wildman–Crippen MR) is 105 cm³/mol. The number of hydrogen-bond acceptors (Lipinski definition) is 5. The summed E-state index contributed by atoms with van der Waals surface area (Å²) in [6.07, 6.45) is 1.23. The highest BCUT2D eigenvalue weighted by atomic mass is 32.2. The van der Waals surface area contributed by atoms with E-state index in [0.29, 0.717) is 25.2 Å². The fourth-order valence-corrected chi connectivity index (χ4v) is 3.93. The average molecular weight is 396 g/mol. The molecule has 1 aliphatic heterocycles. The Morgan fingerprint density at radius 2 is 1.93 bits per heavy atom. The predicted octanol–water partition coefficient (Wildman–Crippen LogP) is 0.904. The monoisotopic (exact) mass is 395 g/mol. The molecule has 150 valence electrons. The SMILES string of the molecule is CCN(CC)CCNC(=O)C(CCS(C)(=O)=O)N1Cc2ccccc2C1=O. The van der Waals surface area contributed by atoms with Gasteiger partial charge in [-0.3, -0.25) is 9.59 Å². The standard InChI is InChI=1S/C19H29N3O4S/c1-4-21(5-2)12-11-20-18(23)17(10-13-27(3,25)26)22-14-15-8-6-7-9-16(15)19(22)24/h6-9,17H,4-5,10-14H2,1-3H3,(H,20,23). The molecule has 0 spiro atoms. The van der Waals surface area contributed by atoms with Crippen molar-refractivity contribution in [2.45, 2.75) is 32.9 Å². The number of hydrogen-bond donors (Lipinski definition) is 1. The van der Waals surface area contributed by atoms with Gasteiger partial charge in [-0.05, 0) is 31.1 Å². The van der Waals surface area contributed by atoms with E-state index in [1.165, 1.54) is 4.90 Å². The third-order valence-corrected chi connectivity index (χ3v) is 5.89. The topological polar surface area (TPSA) is 86.8 Å². The summed E-state index contributed by atoms with van der Waals surface area (Å²) in [4.78, 5) is 29.2. The number of nitrogens with zero attached hydrogens (tertiary/aromatic N) is 2. The first-order valence-electron chi connectivity index (χ1n) is 9.33. The largest absolute Gasteiger partial charge is 0.353 e. The van der Waals surface area contributed by atoms with Crippen LogP contribution < -0.4 is 5.32 Å². The lowest BCUT2D eigenvalue weighted by molar-refractivity contribution is -0.125. The van der Waals surface area contributed by atoms with Gasteiger partial charge < -0.3 is 15.1 Å². The zero-order valence-electron chi connectivity index (χ0n) is 16.3. The van der Waals surface area contributed by atoms with E-state index in [9.17, 15) is 18.0 Å². The highest BCUT2D eigenvalue weighted by Crippen LogP contribution is 2.25. The number of carbonyl (C=O) groups is 2. The minimum Gasteiger partial charge on any atom is -0.353 e. The van der Waals surface area contributed by atoms with Gasteiger partial charge in [0.15, 0.2) is 0 Å². The van der Waals surface area contributed by atoms with E-state index >= 15 is 0 Å². The van der Waals surface area contributed by atoms with Crippen LogP contribution >= 0.6 is 0 Å². The van der Waals surface area contributed by atoms with Crippen LogP contribution in [0.4, 0.5) is 0 Å². The number of fused-ring (bicyclic) bond motifs is 1. The molecule has 0 saturated heterocycles. The average Bonchev–Trinajstić information content (AvgIpc) is 2.95. The molecule has 27 heavy (non-hydrogen) atoms. The molecular weight excluding hydrogens is 366 g/mol. The molecule has 1 N–H and O–H groups in total. The summed E-state index contributed by atoms with van der Waals surface area (Å²) in [6.45, 7) is 7.40. The second kappa shape index (κ2) is 9.32. The normalized spacial score (nSPS) is 15.1. The van der Waals surface area contributed by atoms with Crippen LogP contribution in [0.25, 0.3) is 0 Å². The van der Waals surface area contributed by atoms with Crippen molar-refractivity contribution in [1.29, 1.82) is 0 Å². The maximum atomic E-state index is 12.8. The summed E-state index contributed by atoms with van der Waals surface area (Å²) in [5.74, 6) is -0.656. The maximum absolute atomic E-state index is 12.8. The molecule has 0 fully saturated rings. The van der Waals surface area contributed by atoms with E-state index in [4.69, 9.17) is 0 Å². The number of rotatable bonds is 10. The summed E-state index contributed by atoms with van der Waals surface area (Å²) >= 11 is 0. The lowest BCUT2D eigenvalue weighted by Crippen LogP contribution is -2.49. The Bertz CT molecular complexity index is 775. The third kappa shape index (κ3) is 5.77. The summed E-state index contributed by atoms with van der Waals surface area (Å²) in [5, 5.41) is 2.87. The van der Waals surface area contributed by atoms with E-state index in [1.54, 1.807) is 12.1 Å². The minimum atomic E-state index is -3.24. The lowest BCUT2D eigenvalue weighted by atomic mass is 10.1. The van der Waals surface area contributed by atoms with Gasteiger partial charge in [0.2, 0.25) is 5.91 Å². The van der Waals surface area contributed by atoms with Crippen LogP contribution in [0.2, 0.25) is 0 Å². The molecule has 1 heterocycles. The first-order valence-corrected chi connectivity index (χ1v) is 11.4. The van der Waals surface area contributed by atoms with Crippen LogP contribution in [-0.4, -0.2) is 74.3 Å². The molecule has 1 aliphatic rings. The second-order valence-electron chi connectivity index (χ2n) is 6.84. The number of likely N-dealkylation sites (N-methyl/N-ethyl adjacent to an activating group) is 1. The van der Waals surface area contributed by atoms with E-state index in [-0.39, 0.29) is 24.0 Å². The lowest BCUT2D eigenvalue weighted by Gasteiger charge is -2.27. The fourth-order valence-electron chi connectivity index (χ4n) is 3.28. The van der Waals surface area contributed by atoms with Gasteiger partial charge in [-0.1, -0.05) is 32.0 Å². The maximum Gasteiger partial charge on any atom is 0.255 e. The highest BCUT2D eigenvalue weighted by Gasteiger charge is 2.36. The number of carbonyl (C=O) groups excluding carboxylic acids is 2. The molecule has 0 bridgehead atoms. The van der Waals surface area contributed by atoms with Gasteiger partial charge in [-0.2, -0.15) is 0 Å². The van der Waals surface area contributed by atoms with Crippen LogP contribution in [0.3, 0.4) is 0 Å². The zero-order valence-corrected chi connectivity index (χ0v) is 17.1. The summed E-state index contributed by atoms with van der Waals surface area (Å²) in [5.41, 5.74) is 1.44. The molecule has 0 saturated carbocycles. The van der Waals surface area contributed by atoms with Crippen molar-refractivity contribution in [2.24, 2.45) is 0 Å². The van der Waals surface area contributed by atoms with Crippen molar-refractivity contribution in [3.8, 4) is 0 Å². The van der Waals surface area contributed by atoms with Crippen LogP contribution in [-0.2, 0) is 21.2 Å². The van der Waals surface area contributed by atoms with E-state index in [0.717, 1.165) is 24.9 Å². The number of nitrogens with one attached hydrogen (secondary N) is 1. The van der Waals surface area contributed by atoms with Crippen LogP contribution in [0, 0.1) is 0 Å². The number of benzene rings is 1. The Hall–Kier alpha value is -1.93. The molecule has 1 aromatic rings. The van der Waals surface area contributed by atoms with Gasteiger partial charge in [0.05, 0.1) is 5.75 Å². The summed E-state index contributed by atoms with van der Waals surface area (Å²) in [6, 6.07) is 6.44. The quantitative estimate of drug-likeness (QED) is 0.636. The molecule has 1 atom stereocenters. The Morgan fingerprint density at radius 3 is 2.52 bits per heavy atom. The molecule has 1 unspecified atom stereocenters. The van der Waals surface area contributed by atoms with Crippen molar-refractivity contribution in [2.75, 3.05) is 38.2 Å². The van der Waals surface area contributed by atoms with Crippen molar-refractivity contribution < 1.29 is 18.0 Å². The van der Waals surface area contributed by atoms with Crippen LogP contribution in [0.1, 0.15) is 36.2 Å². The van der Waals surface area contributed by atoms with Gasteiger partial charge >= 0.3 is 0 Å². The Balaban J connectivity index is 2.10. The third-order valence-electron chi connectivity index (χ3n) is 4.91. The van der Waals surface area contributed by atoms with Crippen molar-refractivity contribution in [1.82, 2.24) is 15.1 Å². The Morgan fingerprint density at radius 1 is 1.26 bits per heavy atom. The van der Waals surface area contributed by atoms with E-state index in [2.05, 4.69) is 24.1 Å². The van der Waals surface area contributed by atoms with Gasteiger partial charge in [0, 0.05) is 31.5 Å². The molecular formula is C19H29N3O4S. The smallest absolute Gasteiger partial charge is 0.255 e. The molecule has 2 rings (SSSR count). The minimum absolute atomic E-state index is 0.0929. The highest BCUT2D eigenvalue weighted by molar-refractivity contribution is 7.90. The van der Waals surface area contributed by atoms with Crippen molar-refractivity contribution in [3.63, 3.8) is 0 Å². The van der Waals surface area contributed by atoms with Gasteiger partial charge in [0.1, 0.15) is 15.9 Å². The van der Waals surface area contributed by atoms with Crippen molar-refractivity contribution >= 4 is 21.7 Å². The first-order chi connectivity index (χ1) is 12.8. The Kier molecular flexibility index (Phi) is 7.38. The van der Waals surface area contributed by atoms with Gasteiger partial charge in [0.25, 0.3) is 5.91 Å². The molecule has 0 aliphatic carbocycles. The van der Waals surface area contributed by atoms with Gasteiger partial charge in [-0.15, -0.1) is 0 Å².